The van der Waals surface area contributed by atoms with E-state index in [-0.39, 0.29) is 11.4 Å². The van der Waals surface area contributed by atoms with Crippen LogP contribution in [0.15, 0.2) is 18.2 Å². The van der Waals surface area contributed by atoms with E-state index in [1.165, 1.54) is 11.8 Å². The number of imide groups is 1. The minimum atomic E-state index is -0.911. The lowest BCUT2D eigenvalue weighted by molar-refractivity contribution is -0.125. The number of nitrogens with zero attached hydrogens (tertiary/aromatic N) is 1. The highest BCUT2D eigenvalue weighted by atomic mass is 32.2. The quantitative estimate of drug-likeness (QED) is 0.722. The van der Waals surface area contributed by atoms with Gasteiger partial charge in [0.1, 0.15) is 11.6 Å². The van der Waals surface area contributed by atoms with Crippen molar-refractivity contribution in [1.29, 1.82) is 0 Å². The first-order valence-electron chi connectivity index (χ1n) is 4.94. The van der Waals surface area contributed by atoms with Crippen molar-refractivity contribution in [2.75, 3.05) is 10.7 Å². The summed E-state index contributed by atoms with van der Waals surface area (Å²) in [5, 5.41) is -0.405. The van der Waals surface area contributed by atoms with Crippen molar-refractivity contribution in [2.24, 2.45) is 0 Å². The second kappa shape index (κ2) is 4.44. The standard InChI is InChI=1S/C11H9F2NO2S/c1-6-11(16)14(10(15)5-17-6)9-3-2-7(12)4-8(9)13/h2-4,6H,5H2,1H3/t6-/m0/s1. The number of halogens is 2. The molecule has 1 saturated heterocycles. The van der Waals surface area contributed by atoms with Gasteiger partial charge in [-0.25, -0.2) is 13.7 Å². The van der Waals surface area contributed by atoms with Crippen molar-refractivity contribution in [3.05, 3.63) is 29.8 Å². The molecule has 1 fully saturated rings. The maximum Gasteiger partial charge on any atom is 0.246 e. The van der Waals surface area contributed by atoms with E-state index >= 15 is 0 Å². The molecule has 17 heavy (non-hydrogen) atoms. The molecule has 1 aromatic rings. The van der Waals surface area contributed by atoms with Gasteiger partial charge < -0.3 is 0 Å². The van der Waals surface area contributed by atoms with Crippen molar-refractivity contribution in [3.63, 3.8) is 0 Å². The molecule has 90 valence electrons. The summed E-state index contributed by atoms with van der Waals surface area (Å²) in [7, 11) is 0. The molecule has 3 nitrogen and oxygen atoms in total. The predicted molar refractivity (Wildman–Crippen MR) is 60.8 cm³/mol. The maximum absolute atomic E-state index is 13.5. The Kier molecular flexibility index (Phi) is 3.15. The summed E-state index contributed by atoms with van der Waals surface area (Å²) in [5.41, 5.74) is -0.187. The summed E-state index contributed by atoms with van der Waals surface area (Å²) in [6.45, 7) is 1.65. The number of hydrogen-bond acceptors (Lipinski definition) is 3. The lowest BCUT2D eigenvalue weighted by Crippen LogP contribution is -2.47. The van der Waals surface area contributed by atoms with Crippen molar-refractivity contribution in [1.82, 2.24) is 0 Å². The Labute approximate surface area is 101 Å². The third-order valence-electron chi connectivity index (χ3n) is 2.42. The molecule has 2 rings (SSSR count). The van der Waals surface area contributed by atoms with Gasteiger partial charge in [0.05, 0.1) is 16.7 Å². The molecule has 0 aliphatic carbocycles. The zero-order chi connectivity index (χ0) is 12.6. The van der Waals surface area contributed by atoms with Gasteiger partial charge in [0.25, 0.3) is 0 Å². The summed E-state index contributed by atoms with van der Waals surface area (Å²) >= 11 is 1.20. The molecule has 1 aliphatic heterocycles. The summed E-state index contributed by atoms with van der Waals surface area (Å²) in [5.74, 6) is -2.50. The van der Waals surface area contributed by atoms with E-state index < -0.39 is 28.7 Å². The highest BCUT2D eigenvalue weighted by Crippen LogP contribution is 2.28. The second-order valence-electron chi connectivity index (χ2n) is 3.62. The van der Waals surface area contributed by atoms with Crippen molar-refractivity contribution in [2.45, 2.75) is 12.2 Å². The van der Waals surface area contributed by atoms with Crippen molar-refractivity contribution < 1.29 is 18.4 Å². The average molecular weight is 257 g/mol. The van der Waals surface area contributed by atoms with E-state index in [0.29, 0.717) is 6.07 Å². The van der Waals surface area contributed by atoms with E-state index in [1.807, 2.05) is 0 Å². The number of carbonyl (C=O) groups is 2. The molecule has 0 N–H and O–H groups in total. The van der Waals surface area contributed by atoms with Crippen LogP contribution in [0.2, 0.25) is 0 Å². The zero-order valence-electron chi connectivity index (χ0n) is 8.94. The maximum atomic E-state index is 13.5. The Morgan fingerprint density at radius 2 is 2.06 bits per heavy atom. The Hall–Kier alpha value is -1.43. The molecule has 1 aliphatic rings. The molecule has 2 amide bonds. The van der Waals surface area contributed by atoms with Crippen LogP contribution in [0.4, 0.5) is 14.5 Å². The lowest BCUT2D eigenvalue weighted by atomic mass is 10.2. The second-order valence-corrected chi connectivity index (χ2v) is 4.95. The van der Waals surface area contributed by atoms with Gasteiger partial charge in [0.15, 0.2) is 0 Å². The summed E-state index contributed by atoms with van der Waals surface area (Å²) in [6.07, 6.45) is 0. The average Bonchev–Trinajstić information content (AvgIpc) is 2.27. The van der Waals surface area contributed by atoms with Crippen LogP contribution in [0.25, 0.3) is 0 Å². The predicted octanol–water partition coefficient (Wildman–Crippen LogP) is 1.96. The highest BCUT2D eigenvalue weighted by molar-refractivity contribution is 8.01. The smallest absolute Gasteiger partial charge is 0.246 e. The number of anilines is 1. The Morgan fingerprint density at radius 3 is 2.71 bits per heavy atom. The molecule has 1 atom stereocenters. The van der Waals surface area contributed by atoms with Crippen LogP contribution in [0.1, 0.15) is 6.92 Å². The third kappa shape index (κ3) is 2.17. The Bertz CT molecular complexity index is 492. The van der Waals surface area contributed by atoms with E-state index in [9.17, 15) is 18.4 Å². The van der Waals surface area contributed by atoms with Crippen LogP contribution in [-0.4, -0.2) is 22.8 Å². The number of thioether (sulfide) groups is 1. The Balaban J connectivity index is 2.43. The van der Waals surface area contributed by atoms with Gasteiger partial charge in [-0.3, -0.25) is 9.59 Å². The van der Waals surface area contributed by atoms with Crippen molar-refractivity contribution >= 4 is 29.3 Å². The minimum Gasteiger partial charge on any atom is -0.273 e. The number of rotatable bonds is 1. The molecule has 0 bridgehead atoms. The minimum absolute atomic E-state index is 0.115. The molecule has 6 heteroatoms. The third-order valence-corrected chi connectivity index (χ3v) is 3.54. The normalized spacial score (nSPS) is 20.9. The Morgan fingerprint density at radius 1 is 1.35 bits per heavy atom. The summed E-state index contributed by atoms with van der Waals surface area (Å²) < 4.78 is 26.3. The summed E-state index contributed by atoms with van der Waals surface area (Å²) in [4.78, 5) is 24.2. The van der Waals surface area contributed by atoms with Gasteiger partial charge in [-0.05, 0) is 19.1 Å². The van der Waals surface area contributed by atoms with Gasteiger partial charge in [0, 0.05) is 6.07 Å². The van der Waals surface area contributed by atoms with Gasteiger partial charge >= 0.3 is 0 Å². The largest absolute Gasteiger partial charge is 0.273 e. The molecule has 0 spiro atoms. The lowest BCUT2D eigenvalue weighted by Gasteiger charge is -2.28. The fourth-order valence-electron chi connectivity index (χ4n) is 1.55. The first kappa shape index (κ1) is 12.0. The highest BCUT2D eigenvalue weighted by Gasteiger charge is 2.34. The van der Waals surface area contributed by atoms with Gasteiger partial charge in [-0.1, -0.05) is 0 Å². The number of hydrogen-bond donors (Lipinski definition) is 0. The number of benzene rings is 1. The molecular formula is C11H9F2NO2S. The van der Waals surface area contributed by atoms with Gasteiger partial charge in [-0.15, -0.1) is 11.8 Å². The zero-order valence-corrected chi connectivity index (χ0v) is 9.76. The van der Waals surface area contributed by atoms with E-state index in [2.05, 4.69) is 0 Å². The monoisotopic (exact) mass is 257 g/mol. The SMILES string of the molecule is C[C@@H]1SCC(=O)N(c2ccc(F)cc2F)C1=O. The first-order valence-corrected chi connectivity index (χ1v) is 5.99. The first-order chi connectivity index (χ1) is 8.00. The van der Waals surface area contributed by atoms with Crippen LogP contribution in [-0.2, 0) is 9.59 Å². The fraction of sp³-hybridized carbons (Fsp3) is 0.273. The van der Waals surface area contributed by atoms with E-state index in [4.69, 9.17) is 0 Å². The van der Waals surface area contributed by atoms with Crippen LogP contribution < -0.4 is 4.90 Å². The number of amides is 2. The molecule has 0 aromatic heterocycles. The topological polar surface area (TPSA) is 37.4 Å². The molecule has 0 radical (unpaired) electrons. The molecule has 1 heterocycles. The van der Waals surface area contributed by atoms with Crippen LogP contribution in [0.5, 0.6) is 0 Å². The van der Waals surface area contributed by atoms with E-state index in [1.54, 1.807) is 6.92 Å². The molecule has 0 saturated carbocycles. The molecule has 0 unspecified atom stereocenters. The summed E-state index contributed by atoms with van der Waals surface area (Å²) in [6, 6.07) is 2.77. The molecular weight excluding hydrogens is 248 g/mol. The van der Waals surface area contributed by atoms with E-state index in [0.717, 1.165) is 17.0 Å². The van der Waals surface area contributed by atoms with Gasteiger partial charge in [-0.2, -0.15) is 0 Å². The van der Waals surface area contributed by atoms with Crippen LogP contribution >= 0.6 is 11.8 Å². The van der Waals surface area contributed by atoms with Gasteiger partial charge in [0.2, 0.25) is 11.8 Å². The molecule has 1 aromatic carbocycles. The van der Waals surface area contributed by atoms with Crippen LogP contribution in [0.3, 0.4) is 0 Å². The van der Waals surface area contributed by atoms with Crippen molar-refractivity contribution in [3.8, 4) is 0 Å². The number of carbonyl (C=O) groups excluding carboxylic acids is 2. The fourth-order valence-corrected chi connectivity index (χ4v) is 2.32. The van der Waals surface area contributed by atoms with Crippen LogP contribution in [0, 0.1) is 11.6 Å².